The van der Waals surface area contributed by atoms with Crippen LogP contribution >= 0.6 is 8.38 Å². The van der Waals surface area contributed by atoms with Gasteiger partial charge in [0, 0.05) is 10.7 Å². The summed E-state index contributed by atoms with van der Waals surface area (Å²) in [6, 6.07) is 3.84. The molecule has 0 atom stereocenters. The first-order valence-electron chi connectivity index (χ1n) is 4.75. The number of hydrogen-bond donors (Lipinski definition) is 3. The Morgan fingerprint density at radius 1 is 1.33 bits per heavy atom. The lowest BCUT2D eigenvalue weighted by Gasteiger charge is -2.14. The van der Waals surface area contributed by atoms with E-state index >= 15 is 0 Å². The molecule has 3 N–H and O–H groups in total. The van der Waals surface area contributed by atoms with Crippen molar-refractivity contribution in [3.63, 3.8) is 0 Å². The van der Waals surface area contributed by atoms with Gasteiger partial charge in [0.1, 0.15) is 0 Å². The summed E-state index contributed by atoms with van der Waals surface area (Å²) in [5.41, 5.74) is 1.81. The first-order valence-corrected chi connectivity index (χ1v) is 6.00. The van der Waals surface area contributed by atoms with Crippen LogP contribution in [0.25, 0.3) is 10.9 Å². The molecule has 0 aliphatic rings. The van der Waals surface area contributed by atoms with Gasteiger partial charge in [-0.3, -0.25) is 5.10 Å². The lowest BCUT2D eigenvalue weighted by Crippen LogP contribution is -2.10. The third-order valence-electron chi connectivity index (χ3n) is 2.45. The van der Waals surface area contributed by atoms with E-state index in [9.17, 15) is 9.79 Å². The fourth-order valence-electron chi connectivity index (χ4n) is 1.71. The van der Waals surface area contributed by atoms with Crippen LogP contribution in [-0.2, 0) is 0 Å². The number of rotatable bonds is 2. The third kappa shape index (κ3) is 1.76. The fraction of sp³-hybridized carbons (Fsp3) is 0.300. The molecule has 4 nitrogen and oxygen atoms in total. The molecule has 0 unspecified atom stereocenters. The first-order chi connectivity index (χ1) is 7.11. The van der Waals surface area contributed by atoms with Gasteiger partial charge in [-0.05, 0) is 17.5 Å². The highest BCUT2D eigenvalue weighted by molar-refractivity contribution is 7.54. The number of hydrogen-bond acceptors (Lipinski definition) is 3. The Morgan fingerprint density at radius 3 is 2.67 bits per heavy atom. The van der Waals surface area contributed by atoms with Crippen LogP contribution in [0.15, 0.2) is 18.3 Å². The van der Waals surface area contributed by atoms with Gasteiger partial charge >= 0.3 is 0 Å². The molecule has 0 bridgehead atoms. The van der Waals surface area contributed by atoms with Crippen molar-refractivity contribution in [2.45, 2.75) is 19.8 Å². The summed E-state index contributed by atoms with van der Waals surface area (Å²) in [6.07, 6.45) is 1.64. The van der Waals surface area contributed by atoms with Crippen molar-refractivity contribution in [2.75, 3.05) is 0 Å². The molecule has 2 aromatic rings. The van der Waals surface area contributed by atoms with Crippen LogP contribution in [0.2, 0.25) is 0 Å². The number of nitrogens with zero attached hydrogens (tertiary/aromatic N) is 1. The summed E-state index contributed by atoms with van der Waals surface area (Å²) in [5, 5.41) is 8.15. The molecule has 80 valence electrons. The maximum Gasteiger partial charge on any atom is 0.200 e. The van der Waals surface area contributed by atoms with E-state index in [0.717, 1.165) is 16.5 Å². The largest absolute Gasteiger partial charge is 0.347 e. The Morgan fingerprint density at radius 2 is 2.07 bits per heavy atom. The molecule has 0 aliphatic carbocycles. The lowest BCUT2D eigenvalue weighted by atomic mass is 10.0. The number of aromatic amines is 1. The Balaban J connectivity index is 2.75. The molecule has 0 amide bonds. The Kier molecular flexibility index (Phi) is 2.74. The van der Waals surface area contributed by atoms with E-state index in [0.29, 0.717) is 5.30 Å². The van der Waals surface area contributed by atoms with Crippen LogP contribution in [0.5, 0.6) is 0 Å². The van der Waals surface area contributed by atoms with Crippen LogP contribution in [-0.4, -0.2) is 20.0 Å². The van der Waals surface area contributed by atoms with E-state index in [2.05, 4.69) is 10.2 Å². The van der Waals surface area contributed by atoms with Crippen molar-refractivity contribution in [2.24, 2.45) is 0 Å². The summed E-state index contributed by atoms with van der Waals surface area (Å²) in [5.74, 6) is 0.267. The number of H-pyrrole nitrogens is 1. The molecule has 0 aliphatic heterocycles. The van der Waals surface area contributed by atoms with Gasteiger partial charge in [0.25, 0.3) is 0 Å². The zero-order valence-electron chi connectivity index (χ0n) is 8.60. The minimum Gasteiger partial charge on any atom is -0.347 e. The normalized spacial score (nSPS) is 11.9. The van der Waals surface area contributed by atoms with Gasteiger partial charge in [-0.15, -0.1) is 0 Å². The zero-order valence-corrected chi connectivity index (χ0v) is 9.49. The predicted molar refractivity (Wildman–Crippen MR) is 61.2 cm³/mol. The van der Waals surface area contributed by atoms with E-state index in [1.807, 2.05) is 26.0 Å². The summed E-state index contributed by atoms with van der Waals surface area (Å²) < 4.78 is 0. The van der Waals surface area contributed by atoms with E-state index in [1.165, 1.54) is 0 Å². The molecular weight excluding hydrogens is 211 g/mol. The Labute approximate surface area is 88.9 Å². The minimum atomic E-state index is -2.08. The number of fused-ring (bicyclic) bond motifs is 1. The third-order valence-corrected chi connectivity index (χ3v) is 3.35. The summed E-state index contributed by atoms with van der Waals surface area (Å²) in [4.78, 5) is 18.9. The van der Waals surface area contributed by atoms with Crippen molar-refractivity contribution < 1.29 is 9.79 Å². The second-order valence-electron chi connectivity index (χ2n) is 3.78. The second-order valence-corrected chi connectivity index (χ2v) is 4.80. The topological polar surface area (TPSA) is 69.1 Å². The molecule has 0 saturated heterocycles. The van der Waals surface area contributed by atoms with Gasteiger partial charge in [0.2, 0.25) is 8.38 Å². The van der Waals surface area contributed by atoms with Gasteiger partial charge in [0.15, 0.2) is 0 Å². The Hall–Kier alpha value is -0.960. The van der Waals surface area contributed by atoms with Gasteiger partial charge in [0.05, 0.1) is 11.7 Å². The predicted octanol–water partition coefficient (Wildman–Crippen LogP) is 1.61. The maximum atomic E-state index is 9.45. The molecular formula is C10H13N2O2P. The second kappa shape index (κ2) is 3.89. The van der Waals surface area contributed by atoms with Crippen molar-refractivity contribution in [3.05, 3.63) is 23.9 Å². The van der Waals surface area contributed by atoms with Crippen molar-refractivity contribution in [1.82, 2.24) is 10.2 Å². The molecule has 0 radical (unpaired) electrons. The maximum absolute atomic E-state index is 9.45. The standard InChI is InChI=1S/C10H13N2O2P/c1-6(2)7-3-4-9-8(5-11-12-9)10(7)15(13)14/h3-6,13-14H,1-2H3,(H,11,12). The molecule has 1 heterocycles. The molecule has 1 aromatic heterocycles. The Bertz CT molecular complexity index is 479. The van der Waals surface area contributed by atoms with Crippen molar-refractivity contribution >= 4 is 24.6 Å². The van der Waals surface area contributed by atoms with Crippen LogP contribution in [0.3, 0.4) is 0 Å². The highest BCUT2D eigenvalue weighted by Gasteiger charge is 2.17. The molecule has 0 saturated carbocycles. The molecule has 15 heavy (non-hydrogen) atoms. The summed E-state index contributed by atoms with van der Waals surface area (Å²) in [6.45, 7) is 4.06. The highest BCUT2D eigenvalue weighted by Crippen LogP contribution is 2.32. The summed E-state index contributed by atoms with van der Waals surface area (Å²) in [7, 11) is -2.08. The molecule has 0 fully saturated rings. The molecule has 5 heteroatoms. The number of nitrogens with one attached hydrogen (secondary N) is 1. The van der Waals surface area contributed by atoms with E-state index in [1.54, 1.807) is 6.20 Å². The lowest BCUT2D eigenvalue weighted by molar-refractivity contribution is 0.496. The van der Waals surface area contributed by atoms with Crippen LogP contribution in [0, 0.1) is 0 Å². The van der Waals surface area contributed by atoms with Gasteiger partial charge in [-0.2, -0.15) is 5.10 Å². The van der Waals surface area contributed by atoms with Gasteiger partial charge in [-0.25, -0.2) is 0 Å². The SMILES string of the molecule is CC(C)c1ccc2[nH]ncc2c1P(O)O. The smallest absolute Gasteiger partial charge is 0.200 e. The molecule has 1 aromatic carbocycles. The van der Waals surface area contributed by atoms with E-state index < -0.39 is 8.38 Å². The highest BCUT2D eigenvalue weighted by atomic mass is 31.2. The number of benzene rings is 1. The first kappa shape index (κ1) is 10.6. The average molecular weight is 224 g/mol. The monoisotopic (exact) mass is 224 g/mol. The van der Waals surface area contributed by atoms with Crippen LogP contribution < -0.4 is 5.30 Å². The van der Waals surface area contributed by atoms with Gasteiger partial charge in [-0.1, -0.05) is 19.9 Å². The number of aromatic nitrogens is 2. The van der Waals surface area contributed by atoms with Gasteiger partial charge < -0.3 is 9.79 Å². The van der Waals surface area contributed by atoms with Crippen LogP contribution in [0.1, 0.15) is 25.3 Å². The quantitative estimate of drug-likeness (QED) is 0.679. The molecule has 2 rings (SSSR count). The van der Waals surface area contributed by atoms with E-state index in [-0.39, 0.29) is 5.92 Å². The van der Waals surface area contributed by atoms with Crippen molar-refractivity contribution in [1.29, 1.82) is 0 Å². The summed E-state index contributed by atoms with van der Waals surface area (Å²) >= 11 is 0. The fourth-order valence-corrected chi connectivity index (χ4v) is 2.67. The minimum absolute atomic E-state index is 0.267. The zero-order chi connectivity index (χ0) is 11.0. The van der Waals surface area contributed by atoms with E-state index in [4.69, 9.17) is 0 Å². The van der Waals surface area contributed by atoms with Crippen LogP contribution in [0.4, 0.5) is 0 Å². The van der Waals surface area contributed by atoms with Crippen molar-refractivity contribution in [3.8, 4) is 0 Å². The molecule has 0 spiro atoms. The average Bonchev–Trinajstić information content (AvgIpc) is 2.62.